The van der Waals surface area contributed by atoms with E-state index in [9.17, 15) is 13.2 Å². The van der Waals surface area contributed by atoms with E-state index >= 15 is 0 Å². The highest BCUT2D eigenvalue weighted by atomic mass is 32.2. The highest BCUT2D eigenvalue weighted by Crippen LogP contribution is 2.20. The van der Waals surface area contributed by atoms with Gasteiger partial charge in [0.15, 0.2) is 5.60 Å². The minimum Gasteiger partial charge on any atom is -0.363 e. The first-order chi connectivity index (χ1) is 9.81. The van der Waals surface area contributed by atoms with Gasteiger partial charge >= 0.3 is 0 Å². The van der Waals surface area contributed by atoms with Gasteiger partial charge < -0.3 is 10.1 Å². The van der Waals surface area contributed by atoms with Crippen molar-refractivity contribution in [1.82, 2.24) is 9.62 Å². The molecular weight excluding hydrogens is 312 g/mol. The predicted octanol–water partition coefficient (Wildman–Crippen LogP) is 0.457. The van der Waals surface area contributed by atoms with Crippen LogP contribution in [0.15, 0.2) is 17.5 Å². The van der Waals surface area contributed by atoms with Crippen LogP contribution in [0.4, 0.5) is 0 Å². The maximum Gasteiger partial charge on any atom is 0.253 e. The van der Waals surface area contributed by atoms with Crippen molar-refractivity contribution < 1.29 is 17.9 Å². The van der Waals surface area contributed by atoms with Crippen LogP contribution < -0.4 is 5.32 Å². The maximum absolute atomic E-state index is 12.3. The van der Waals surface area contributed by atoms with Crippen molar-refractivity contribution in [2.24, 2.45) is 0 Å². The largest absolute Gasteiger partial charge is 0.363 e. The van der Waals surface area contributed by atoms with Crippen LogP contribution >= 0.6 is 11.3 Å². The molecule has 6 nitrogen and oxygen atoms in total. The number of carbonyl (C=O) groups excluding carboxylic acids is 1. The first-order valence-electron chi connectivity index (χ1n) is 6.71. The molecule has 21 heavy (non-hydrogen) atoms. The van der Waals surface area contributed by atoms with E-state index in [1.165, 1.54) is 9.18 Å². The summed E-state index contributed by atoms with van der Waals surface area (Å²) in [4.78, 5) is 13.5. The second-order valence-electron chi connectivity index (χ2n) is 5.26. The second kappa shape index (κ2) is 6.43. The number of sulfonamides is 1. The zero-order valence-corrected chi connectivity index (χ0v) is 13.8. The van der Waals surface area contributed by atoms with Crippen LogP contribution in [0.2, 0.25) is 0 Å². The third kappa shape index (κ3) is 4.26. The van der Waals surface area contributed by atoms with E-state index in [2.05, 4.69) is 5.32 Å². The summed E-state index contributed by atoms with van der Waals surface area (Å²) in [5, 5.41) is 4.82. The quantitative estimate of drug-likeness (QED) is 0.850. The molecule has 1 atom stereocenters. The number of ether oxygens (including phenoxy) is 1. The lowest BCUT2D eigenvalue weighted by Gasteiger charge is -2.37. The molecule has 0 saturated carbocycles. The molecule has 2 rings (SSSR count). The van der Waals surface area contributed by atoms with Gasteiger partial charge in [-0.1, -0.05) is 6.07 Å². The highest BCUT2D eigenvalue weighted by molar-refractivity contribution is 7.88. The lowest BCUT2D eigenvalue weighted by molar-refractivity contribution is -0.152. The fourth-order valence-electron chi connectivity index (χ4n) is 2.20. The molecule has 0 radical (unpaired) electrons. The molecule has 0 bridgehead atoms. The molecule has 0 unspecified atom stereocenters. The van der Waals surface area contributed by atoms with Gasteiger partial charge in [0.2, 0.25) is 10.0 Å². The molecule has 1 aromatic rings. The van der Waals surface area contributed by atoms with Gasteiger partial charge in [-0.3, -0.25) is 4.79 Å². The van der Waals surface area contributed by atoms with Crippen LogP contribution in [0.1, 0.15) is 11.8 Å². The smallest absolute Gasteiger partial charge is 0.253 e. The molecule has 1 aliphatic heterocycles. The van der Waals surface area contributed by atoms with Crippen molar-refractivity contribution in [3.63, 3.8) is 0 Å². The Morgan fingerprint density at radius 1 is 1.57 bits per heavy atom. The zero-order chi connectivity index (χ0) is 15.5. The normalized spacial score (nSPS) is 23.9. The van der Waals surface area contributed by atoms with E-state index in [0.717, 1.165) is 12.7 Å². The third-order valence-electron chi connectivity index (χ3n) is 3.43. The Labute approximate surface area is 129 Å². The molecule has 1 aromatic heterocycles. The summed E-state index contributed by atoms with van der Waals surface area (Å²) in [6.45, 7) is 2.71. The van der Waals surface area contributed by atoms with Gasteiger partial charge in [-0.25, -0.2) is 8.42 Å². The van der Waals surface area contributed by atoms with Crippen LogP contribution in [-0.2, 0) is 26.0 Å². The van der Waals surface area contributed by atoms with Gasteiger partial charge in [0, 0.05) is 18.0 Å². The lowest BCUT2D eigenvalue weighted by Crippen LogP contribution is -2.59. The lowest BCUT2D eigenvalue weighted by atomic mass is 10.0. The van der Waals surface area contributed by atoms with Crippen LogP contribution in [0.3, 0.4) is 0 Å². The van der Waals surface area contributed by atoms with E-state index in [1.807, 2.05) is 17.5 Å². The molecule has 1 N–H and O–H groups in total. The number of carbonyl (C=O) groups is 1. The fraction of sp³-hybridized carbons (Fsp3) is 0.615. The van der Waals surface area contributed by atoms with Gasteiger partial charge in [0.05, 0.1) is 19.4 Å². The monoisotopic (exact) mass is 332 g/mol. The SMILES string of the molecule is C[C@]1(C(=O)NCCc2cccs2)CN(S(C)(=O)=O)CCO1. The summed E-state index contributed by atoms with van der Waals surface area (Å²) in [5.41, 5.74) is -1.13. The summed E-state index contributed by atoms with van der Waals surface area (Å²) in [7, 11) is -3.31. The molecule has 1 amide bonds. The first kappa shape index (κ1) is 16.4. The van der Waals surface area contributed by atoms with Crippen molar-refractivity contribution in [2.75, 3.05) is 32.5 Å². The van der Waals surface area contributed by atoms with Gasteiger partial charge in [-0.2, -0.15) is 4.31 Å². The fourth-order valence-corrected chi connectivity index (χ4v) is 3.79. The Balaban J connectivity index is 1.90. The van der Waals surface area contributed by atoms with Crippen molar-refractivity contribution in [3.05, 3.63) is 22.4 Å². The minimum atomic E-state index is -3.31. The predicted molar refractivity (Wildman–Crippen MR) is 81.8 cm³/mol. The van der Waals surface area contributed by atoms with Crippen LogP contribution in [0.5, 0.6) is 0 Å². The topological polar surface area (TPSA) is 75.7 Å². The highest BCUT2D eigenvalue weighted by Gasteiger charge is 2.41. The summed E-state index contributed by atoms with van der Waals surface area (Å²) in [5.74, 6) is -0.271. The third-order valence-corrected chi connectivity index (χ3v) is 5.61. The molecule has 0 aliphatic carbocycles. The van der Waals surface area contributed by atoms with Crippen molar-refractivity contribution in [3.8, 4) is 0 Å². The Bertz CT molecular complexity index is 585. The van der Waals surface area contributed by atoms with Crippen molar-refractivity contribution in [2.45, 2.75) is 18.9 Å². The summed E-state index contributed by atoms with van der Waals surface area (Å²) < 4.78 is 30.0. The molecule has 1 aliphatic rings. The average molecular weight is 332 g/mol. The molecule has 0 spiro atoms. The molecule has 118 valence electrons. The van der Waals surface area contributed by atoms with E-state index in [1.54, 1.807) is 18.3 Å². The Kier molecular flexibility index (Phi) is 5.03. The maximum atomic E-state index is 12.3. The molecule has 2 heterocycles. The van der Waals surface area contributed by atoms with Gasteiger partial charge in [-0.05, 0) is 24.8 Å². The first-order valence-corrected chi connectivity index (χ1v) is 9.44. The summed E-state index contributed by atoms with van der Waals surface area (Å²) in [6, 6.07) is 3.98. The Hall–Kier alpha value is -0.960. The van der Waals surface area contributed by atoms with Crippen molar-refractivity contribution >= 4 is 27.3 Å². The van der Waals surface area contributed by atoms with Gasteiger partial charge in [0.1, 0.15) is 0 Å². The van der Waals surface area contributed by atoms with Crippen molar-refractivity contribution in [1.29, 1.82) is 0 Å². The molecule has 1 saturated heterocycles. The Morgan fingerprint density at radius 3 is 2.95 bits per heavy atom. The number of hydrogen-bond donors (Lipinski definition) is 1. The Morgan fingerprint density at radius 2 is 2.33 bits per heavy atom. The number of morpholine rings is 1. The second-order valence-corrected chi connectivity index (χ2v) is 8.28. The number of hydrogen-bond acceptors (Lipinski definition) is 5. The van der Waals surface area contributed by atoms with E-state index in [0.29, 0.717) is 6.54 Å². The summed E-state index contributed by atoms with van der Waals surface area (Å²) >= 11 is 1.64. The van der Waals surface area contributed by atoms with E-state index in [-0.39, 0.29) is 25.6 Å². The average Bonchev–Trinajstić information content (AvgIpc) is 2.91. The minimum absolute atomic E-state index is 0.0523. The van der Waals surface area contributed by atoms with Gasteiger partial charge in [0.25, 0.3) is 5.91 Å². The molecule has 0 aromatic carbocycles. The van der Waals surface area contributed by atoms with Gasteiger partial charge in [-0.15, -0.1) is 11.3 Å². The number of thiophene rings is 1. The number of nitrogens with one attached hydrogen (secondary N) is 1. The molecule has 8 heteroatoms. The molecule has 1 fully saturated rings. The van der Waals surface area contributed by atoms with E-state index in [4.69, 9.17) is 4.74 Å². The number of amides is 1. The number of nitrogens with zero attached hydrogens (tertiary/aromatic N) is 1. The molecular formula is C13H20N2O4S2. The number of rotatable bonds is 5. The summed E-state index contributed by atoms with van der Waals surface area (Å²) in [6.07, 6.45) is 1.91. The van der Waals surface area contributed by atoms with Crippen LogP contribution in [-0.4, -0.2) is 56.7 Å². The van der Waals surface area contributed by atoms with Crippen LogP contribution in [0.25, 0.3) is 0 Å². The van der Waals surface area contributed by atoms with E-state index < -0.39 is 15.6 Å². The zero-order valence-electron chi connectivity index (χ0n) is 12.2. The van der Waals surface area contributed by atoms with Crippen LogP contribution in [0, 0.1) is 0 Å². The standard InChI is InChI=1S/C13H20N2O4S2/c1-13(10-15(7-8-19-13)21(2,17)18)12(16)14-6-5-11-4-3-9-20-11/h3-4,9H,5-8,10H2,1-2H3,(H,14,16)/t13-/m1/s1.